The van der Waals surface area contributed by atoms with Crippen molar-refractivity contribution in [3.05, 3.63) is 59.7 Å². The van der Waals surface area contributed by atoms with Crippen molar-refractivity contribution >= 4 is 21.7 Å². The Balaban J connectivity index is 1.74. The van der Waals surface area contributed by atoms with Crippen LogP contribution >= 0.6 is 0 Å². The molecule has 1 aliphatic heterocycles. The fourth-order valence-electron chi connectivity index (χ4n) is 3.22. The molecular formula is C21H20N2O5S. The molecule has 150 valence electrons. The van der Waals surface area contributed by atoms with Gasteiger partial charge in [-0.05, 0) is 31.0 Å². The van der Waals surface area contributed by atoms with E-state index in [9.17, 15) is 23.3 Å². The summed E-state index contributed by atoms with van der Waals surface area (Å²) in [5.41, 5.74) is 1.78. The van der Waals surface area contributed by atoms with Gasteiger partial charge in [-0.3, -0.25) is 4.79 Å². The summed E-state index contributed by atoms with van der Waals surface area (Å²) in [6.45, 7) is 1.43. The van der Waals surface area contributed by atoms with Crippen molar-refractivity contribution in [3.63, 3.8) is 0 Å². The lowest BCUT2D eigenvalue weighted by atomic mass is 9.96. The van der Waals surface area contributed by atoms with E-state index in [1.807, 2.05) is 0 Å². The zero-order chi connectivity index (χ0) is 21.0. The average Bonchev–Trinajstić information content (AvgIpc) is 3.05. The molecule has 0 saturated carbocycles. The van der Waals surface area contributed by atoms with Crippen molar-refractivity contribution in [2.75, 3.05) is 11.5 Å². The fourth-order valence-corrected chi connectivity index (χ4v) is 4.89. The predicted molar refractivity (Wildman–Crippen MR) is 107 cm³/mol. The molecular weight excluding hydrogens is 392 g/mol. The second-order valence-electron chi connectivity index (χ2n) is 6.86. The predicted octanol–water partition coefficient (Wildman–Crippen LogP) is 2.07. The molecule has 2 aromatic rings. The van der Waals surface area contributed by atoms with E-state index in [4.69, 9.17) is 4.74 Å². The van der Waals surface area contributed by atoms with Gasteiger partial charge in [-0.15, -0.1) is 0 Å². The first-order chi connectivity index (χ1) is 13.8. The summed E-state index contributed by atoms with van der Waals surface area (Å²) >= 11 is 0. The van der Waals surface area contributed by atoms with E-state index < -0.39 is 33.9 Å². The summed E-state index contributed by atoms with van der Waals surface area (Å²) in [6.07, 6.45) is -0.743. The first-order valence-corrected chi connectivity index (χ1v) is 10.9. The molecule has 0 radical (unpaired) electrons. The highest BCUT2D eigenvalue weighted by Crippen LogP contribution is 2.27. The number of hydrogen-bond acceptors (Lipinski definition) is 6. The maximum Gasteiger partial charge on any atom is 0.339 e. The third-order valence-electron chi connectivity index (χ3n) is 4.72. The van der Waals surface area contributed by atoms with Crippen LogP contribution < -0.4 is 5.32 Å². The highest BCUT2D eigenvalue weighted by atomic mass is 32.2. The molecule has 29 heavy (non-hydrogen) atoms. The van der Waals surface area contributed by atoms with Crippen LogP contribution in [0.5, 0.6) is 0 Å². The zero-order valence-corrected chi connectivity index (χ0v) is 16.6. The Morgan fingerprint density at radius 3 is 2.45 bits per heavy atom. The molecule has 0 unspecified atom stereocenters. The number of ether oxygens (including phenoxy) is 1. The van der Waals surface area contributed by atoms with Gasteiger partial charge in [-0.2, -0.15) is 5.26 Å². The summed E-state index contributed by atoms with van der Waals surface area (Å²) in [7, 11) is -3.12. The van der Waals surface area contributed by atoms with Gasteiger partial charge in [0.1, 0.15) is 0 Å². The van der Waals surface area contributed by atoms with Gasteiger partial charge in [0.2, 0.25) is 0 Å². The highest BCUT2D eigenvalue weighted by molar-refractivity contribution is 7.91. The van der Waals surface area contributed by atoms with Crippen LogP contribution in [0.1, 0.15) is 29.3 Å². The van der Waals surface area contributed by atoms with Crippen LogP contribution in [-0.2, 0) is 19.4 Å². The summed E-state index contributed by atoms with van der Waals surface area (Å²) < 4.78 is 28.4. The largest absolute Gasteiger partial charge is 0.449 e. The average molecular weight is 412 g/mol. The zero-order valence-electron chi connectivity index (χ0n) is 15.8. The van der Waals surface area contributed by atoms with E-state index in [1.165, 1.54) is 6.92 Å². The van der Waals surface area contributed by atoms with Crippen LogP contribution in [-0.4, -0.2) is 43.9 Å². The van der Waals surface area contributed by atoms with E-state index in [2.05, 4.69) is 11.4 Å². The molecule has 7 nitrogen and oxygen atoms in total. The Labute approximate surface area is 169 Å². The van der Waals surface area contributed by atoms with E-state index >= 15 is 0 Å². The number of amides is 1. The summed E-state index contributed by atoms with van der Waals surface area (Å²) in [4.78, 5) is 25.0. The van der Waals surface area contributed by atoms with E-state index in [0.717, 1.165) is 0 Å². The van der Waals surface area contributed by atoms with E-state index in [-0.39, 0.29) is 17.1 Å². The molecule has 1 fully saturated rings. The summed E-state index contributed by atoms with van der Waals surface area (Å²) in [5, 5.41) is 12.0. The molecule has 0 bridgehead atoms. The van der Waals surface area contributed by atoms with Crippen molar-refractivity contribution in [3.8, 4) is 17.2 Å². The van der Waals surface area contributed by atoms with Crippen LogP contribution in [0.3, 0.4) is 0 Å². The molecule has 2 atom stereocenters. The molecule has 1 N–H and O–H groups in total. The van der Waals surface area contributed by atoms with Crippen LogP contribution in [0.15, 0.2) is 48.5 Å². The van der Waals surface area contributed by atoms with Crippen LogP contribution in [0, 0.1) is 11.3 Å². The normalized spacial score (nSPS) is 18.4. The maximum atomic E-state index is 12.7. The molecule has 1 aliphatic rings. The van der Waals surface area contributed by atoms with Gasteiger partial charge in [-0.1, -0.05) is 36.4 Å². The number of nitrogens with one attached hydrogen (secondary N) is 1. The Morgan fingerprint density at radius 1 is 1.14 bits per heavy atom. The lowest BCUT2D eigenvalue weighted by Gasteiger charge is -2.17. The molecule has 8 heteroatoms. The van der Waals surface area contributed by atoms with Crippen molar-refractivity contribution in [1.82, 2.24) is 5.32 Å². The maximum absolute atomic E-state index is 12.7. The van der Waals surface area contributed by atoms with Gasteiger partial charge in [0.25, 0.3) is 5.91 Å². The van der Waals surface area contributed by atoms with Crippen molar-refractivity contribution < 1.29 is 22.7 Å². The van der Waals surface area contributed by atoms with Gasteiger partial charge >= 0.3 is 5.97 Å². The van der Waals surface area contributed by atoms with Gasteiger partial charge in [-0.25, -0.2) is 13.2 Å². The smallest absolute Gasteiger partial charge is 0.339 e. The van der Waals surface area contributed by atoms with Gasteiger partial charge in [0.05, 0.1) is 28.7 Å². The quantitative estimate of drug-likeness (QED) is 0.752. The lowest BCUT2D eigenvalue weighted by Crippen LogP contribution is -2.42. The number of nitriles is 1. The molecule has 1 heterocycles. The van der Waals surface area contributed by atoms with Gasteiger partial charge < -0.3 is 10.1 Å². The van der Waals surface area contributed by atoms with Crippen LogP contribution in [0.25, 0.3) is 11.1 Å². The monoisotopic (exact) mass is 412 g/mol. The Hall–Kier alpha value is -3.18. The minimum absolute atomic E-state index is 0.0395. The Morgan fingerprint density at radius 2 is 1.79 bits per heavy atom. The fraction of sp³-hybridized carbons (Fsp3) is 0.286. The number of rotatable bonds is 5. The molecule has 1 amide bonds. The SMILES string of the molecule is C[C@@H](OC(=O)c1ccccc1-c1ccccc1C#N)C(=O)N[C@H]1CCS(=O)(=O)C1. The van der Waals surface area contributed by atoms with Crippen molar-refractivity contribution in [2.24, 2.45) is 0 Å². The van der Waals surface area contributed by atoms with Crippen molar-refractivity contribution in [2.45, 2.75) is 25.5 Å². The second kappa shape index (κ2) is 8.45. The standard InChI is InChI=1S/C21H20N2O5S/c1-14(20(24)23-16-10-11-29(26,27)13-16)28-21(25)19-9-5-4-8-18(19)17-7-3-2-6-15(17)12-22/h2-9,14,16H,10-11,13H2,1H3,(H,23,24)/t14-,16+/m1/s1. The van der Waals surface area contributed by atoms with E-state index in [0.29, 0.717) is 23.1 Å². The number of benzene rings is 2. The third-order valence-corrected chi connectivity index (χ3v) is 6.48. The van der Waals surface area contributed by atoms with Crippen LogP contribution in [0.2, 0.25) is 0 Å². The topological polar surface area (TPSA) is 113 Å². The summed E-state index contributed by atoms with van der Waals surface area (Å²) in [6, 6.07) is 15.2. The molecule has 2 aromatic carbocycles. The number of esters is 1. The minimum atomic E-state index is -3.12. The Kier molecular flexibility index (Phi) is 5.99. The molecule has 0 aromatic heterocycles. The lowest BCUT2D eigenvalue weighted by molar-refractivity contribution is -0.129. The first kappa shape index (κ1) is 20.6. The number of hydrogen-bond donors (Lipinski definition) is 1. The molecule has 1 saturated heterocycles. The number of nitrogens with zero attached hydrogens (tertiary/aromatic N) is 1. The second-order valence-corrected chi connectivity index (χ2v) is 9.09. The van der Waals surface area contributed by atoms with Gasteiger partial charge in [0, 0.05) is 11.6 Å². The Bertz CT molecular complexity index is 1090. The first-order valence-electron chi connectivity index (χ1n) is 9.11. The highest BCUT2D eigenvalue weighted by Gasteiger charge is 2.31. The van der Waals surface area contributed by atoms with Gasteiger partial charge in [0.15, 0.2) is 15.9 Å². The number of carbonyl (C=O) groups is 2. The van der Waals surface area contributed by atoms with Crippen LogP contribution in [0.4, 0.5) is 0 Å². The number of carbonyl (C=O) groups excluding carboxylic acids is 2. The van der Waals surface area contributed by atoms with Crippen molar-refractivity contribution in [1.29, 1.82) is 5.26 Å². The van der Waals surface area contributed by atoms with E-state index in [1.54, 1.807) is 48.5 Å². The number of sulfone groups is 1. The molecule has 3 rings (SSSR count). The molecule has 0 spiro atoms. The molecule has 0 aliphatic carbocycles. The summed E-state index contributed by atoms with van der Waals surface area (Å²) in [5.74, 6) is -1.31. The third kappa shape index (κ3) is 4.81. The minimum Gasteiger partial charge on any atom is -0.449 e.